The van der Waals surface area contributed by atoms with Crippen molar-refractivity contribution in [2.24, 2.45) is 5.92 Å². The summed E-state index contributed by atoms with van der Waals surface area (Å²) in [6.07, 6.45) is 5.11. The van der Waals surface area contributed by atoms with Crippen LogP contribution in [-0.2, 0) is 12.8 Å². The molecule has 1 fully saturated rings. The fourth-order valence-electron chi connectivity index (χ4n) is 2.49. The summed E-state index contributed by atoms with van der Waals surface area (Å²) in [6, 6.07) is 2.04. The lowest BCUT2D eigenvalue weighted by atomic mass is 10.1. The van der Waals surface area contributed by atoms with Crippen LogP contribution in [0, 0.1) is 5.92 Å². The molecule has 0 saturated carbocycles. The molecule has 0 atom stereocenters. The van der Waals surface area contributed by atoms with Crippen LogP contribution in [0.2, 0.25) is 0 Å². The van der Waals surface area contributed by atoms with E-state index in [-0.39, 0.29) is 0 Å². The second-order valence-electron chi connectivity index (χ2n) is 5.76. The van der Waals surface area contributed by atoms with Crippen LogP contribution >= 0.6 is 0 Å². The molecular formula is C15H26N4. The number of aromatic nitrogens is 2. The van der Waals surface area contributed by atoms with Crippen molar-refractivity contribution in [1.82, 2.24) is 20.2 Å². The SMILES string of the molecule is CC(C)Cc1ccnc(CCCN2CCNCC2)n1. The van der Waals surface area contributed by atoms with Gasteiger partial charge in [0.15, 0.2) is 0 Å². The summed E-state index contributed by atoms with van der Waals surface area (Å²) in [5.41, 5.74) is 1.18. The average molecular weight is 262 g/mol. The van der Waals surface area contributed by atoms with Crippen molar-refractivity contribution in [2.75, 3.05) is 32.7 Å². The molecule has 106 valence electrons. The summed E-state index contributed by atoms with van der Waals surface area (Å²) in [4.78, 5) is 11.6. The van der Waals surface area contributed by atoms with E-state index in [1.165, 1.54) is 25.3 Å². The van der Waals surface area contributed by atoms with Gasteiger partial charge in [-0.05, 0) is 31.4 Å². The van der Waals surface area contributed by atoms with E-state index in [0.29, 0.717) is 5.92 Å². The number of hydrogen-bond donors (Lipinski definition) is 1. The third-order valence-electron chi connectivity index (χ3n) is 3.46. The van der Waals surface area contributed by atoms with E-state index in [0.717, 1.165) is 38.2 Å². The zero-order valence-electron chi connectivity index (χ0n) is 12.2. The topological polar surface area (TPSA) is 41.1 Å². The van der Waals surface area contributed by atoms with Gasteiger partial charge in [0.1, 0.15) is 5.82 Å². The Kier molecular flexibility index (Phi) is 5.73. The number of hydrogen-bond acceptors (Lipinski definition) is 4. The van der Waals surface area contributed by atoms with Crippen molar-refractivity contribution in [3.05, 3.63) is 23.8 Å². The van der Waals surface area contributed by atoms with Crippen molar-refractivity contribution in [1.29, 1.82) is 0 Å². The van der Waals surface area contributed by atoms with Gasteiger partial charge >= 0.3 is 0 Å². The van der Waals surface area contributed by atoms with Gasteiger partial charge in [-0.3, -0.25) is 0 Å². The third-order valence-corrected chi connectivity index (χ3v) is 3.46. The van der Waals surface area contributed by atoms with E-state index in [9.17, 15) is 0 Å². The second-order valence-corrected chi connectivity index (χ2v) is 5.76. The lowest BCUT2D eigenvalue weighted by Gasteiger charge is -2.26. The Bertz CT molecular complexity index is 372. The normalized spacial score (nSPS) is 17.0. The maximum absolute atomic E-state index is 4.65. The van der Waals surface area contributed by atoms with Gasteiger partial charge in [0.2, 0.25) is 0 Å². The van der Waals surface area contributed by atoms with Crippen LogP contribution in [0.4, 0.5) is 0 Å². The van der Waals surface area contributed by atoms with E-state index in [1.807, 2.05) is 12.3 Å². The molecule has 4 nitrogen and oxygen atoms in total. The lowest BCUT2D eigenvalue weighted by Crippen LogP contribution is -2.43. The first-order chi connectivity index (χ1) is 9.24. The minimum Gasteiger partial charge on any atom is -0.314 e. The summed E-state index contributed by atoms with van der Waals surface area (Å²) >= 11 is 0. The molecular weight excluding hydrogens is 236 g/mol. The predicted molar refractivity (Wildman–Crippen MR) is 78.2 cm³/mol. The number of rotatable bonds is 6. The number of nitrogens with zero attached hydrogens (tertiary/aromatic N) is 3. The van der Waals surface area contributed by atoms with Gasteiger partial charge in [-0.15, -0.1) is 0 Å². The summed E-state index contributed by atoms with van der Waals surface area (Å²) in [6.45, 7) is 10.2. The van der Waals surface area contributed by atoms with Crippen molar-refractivity contribution in [3.63, 3.8) is 0 Å². The van der Waals surface area contributed by atoms with Gasteiger partial charge in [0, 0.05) is 44.5 Å². The molecule has 2 heterocycles. The van der Waals surface area contributed by atoms with Crippen LogP contribution in [0.5, 0.6) is 0 Å². The standard InChI is InChI=1S/C15H26N4/c1-13(2)12-14-5-6-17-15(18-14)4-3-9-19-10-7-16-8-11-19/h5-6,13,16H,3-4,7-12H2,1-2H3. The van der Waals surface area contributed by atoms with Crippen LogP contribution < -0.4 is 5.32 Å². The molecule has 2 rings (SSSR count). The average Bonchev–Trinajstić information content (AvgIpc) is 2.40. The van der Waals surface area contributed by atoms with Gasteiger partial charge in [0.05, 0.1) is 0 Å². The van der Waals surface area contributed by atoms with E-state index < -0.39 is 0 Å². The second kappa shape index (κ2) is 7.56. The Morgan fingerprint density at radius 2 is 2.11 bits per heavy atom. The van der Waals surface area contributed by atoms with Crippen molar-refractivity contribution >= 4 is 0 Å². The fourth-order valence-corrected chi connectivity index (χ4v) is 2.49. The fraction of sp³-hybridized carbons (Fsp3) is 0.733. The molecule has 0 aliphatic carbocycles. The molecule has 0 radical (unpaired) electrons. The number of nitrogens with one attached hydrogen (secondary N) is 1. The molecule has 0 aromatic carbocycles. The Morgan fingerprint density at radius 1 is 1.32 bits per heavy atom. The quantitative estimate of drug-likeness (QED) is 0.844. The van der Waals surface area contributed by atoms with Crippen LogP contribution in [0.25, 0.3) is 0 Å². The molecule has 1 aliphatic rings. The summed E-state index contributed by atoms with van der Waals surface area (Å²) in [5, 5.41) is 3.38. The van der Waals surface area contributed by atoms with Crippen LogP contribution in [0.1, 0.15) is 31.8 Å². The van der Waals surface area contributed by atoms with Crippen LogP contribution in [0.15, 0.2) is 12.3 Å². The zero-order valence-corrected chi connectivity index (χ0v) is 12.2. The first-order valence-electron chi connectivity index (χ1n) is 7.48. The Labute approximate surface area is 116 Å². The van der Waals surface area contributed by atoms with E-state index in [2.05, 4.69) is 34.0 Å². The van der Waals surface area contributed by atoms with Crippen molar-refractivity contribution in [2.45, 2.75) is 33.1 Å². The highest BCUT2D eigenvalue weighted by atomic mass is 15.2. The van der Waals surface area contributed by atoms with E-state index in [1.54, 1.807) is 0 Å². The minimum atomic E-state index is 0.656. The van der Waals surface area contributed by atoms with Gasteiger partial charge in [-0.2, -0.15) is 0 Å². The Hall–Kier alpha value is -1.00. The third kappa shape index (κ3) is 5.25. The monoisotopic (exact) mass is 262 g/mol. The molecule has 19 heavy (non-hydrogen) atoms. The van der Waals surface area contributed by atoms with Gasteiger partial charge in [-0.25, -0.2) is 9.97 Å². The zero-order chi connectivity index (χ0) is 13.5. The van der Waals surface area contributed by atoms with Crippen LogP contribution in [0.3, 0.4) is 0 Å². The highest BCUT2D eigenvalue weighted by Gasteiger charge is 2.09. The van der Waals surface area contributed by atoms with Crippen molar-refractivity contribution in [3.8, 4) is 0 Å². The number of aryl methyl sites for hydroxylation is 1. The first-order valence-corrected chi connectivity index (χ1v) is 7.48. The smallest absolute Gasteiger partial charge is 0.128 e. The largest absolute Gasteiger partial charge is 0.314 e. The summed E-state index contributed by atoms with van der Waals surface area (Å²) < 4.78 is 0. The minimum absolute atomic E-state index is 0.656. The summed E-state index contributed by atoms with van der Waals surface area (Å²) in [7, 11) is 0. The van der Waals surface area contributed by atoms with Gasteiger partial charge in [-0.1, -0.05) is 13.8 Å². The molecule has 0 unspecified atom stereocenters. The predicted octanol–water partition coefficient (Wildman–Crippen LogP) is 1.51. The van der Waals surface area contributed by atoms with Crippen molar-refractivity contribution < 1.29 is 0 Å². The molecule has 4 heteroatoms. The summed E-state index contributed by atoms with van der Waals surface area (Å²) in [5.74, 6) is 1.66. The maximum atomic E-state index is 4.65. The Balaban J connectivity index is 1.75. The molecule has 1 aromatic heterocycles. The van der Waals surface area contributed by atoms with Crippen LogP contribution in [-0.4, -0.2) is 47.6 Å². The van der Waals surface area contributed by atoms with E-state index >= 15 is 0 Å². The molecule has 1 saturated heterocycles. The maximum Gasteiger partial charge on any atom is 0.128 e. The highest BCUT2D eigenvalue weighted by molar-refractivity contribution is 5.03. The molecule has 1 N–H and O–H groups in total. The molecule has 1 aliphatic heterocycles. The highest BCUT2D eigenvalue weighted by Crippen LogP contribution is 2.06. The molecule has 0 spiro atoms. The Morgan fingerprint density at radius 3 is 2.84 bits per heavy atom. The molecule has 1 aromatic rings. The first kappa shape index (κ1) is 14.4. The molecule has 0 bridgehead atoms. The number of piperazine rings is 1. The molecule has 0 amide bonds. The van der Waals surface area contributed by atoms with Gasteiger partial charge < -0.3 is 10.2 Å². The lowest BCUT2D eigenvalue weighted by molar-refractivity contribution is 0.238. The van der Waals surface area contributed by atoms with Gasteiger partial charge in [0.25, 0.3) is 0 Å². The van der Waals surface area contributed by atoms with E-state index in [4.69, 9.17) is 0 Å².